The maximum absolute atomic E-state index is 13.0. The van der Waals surface area contributed by atoms with Gasteiger partial charge in [-0.05, 0) is 30.9 Å². The average molecular weight is 378 g/mol. The van der Waals surface area contributed by atoms with E-state index < -0.39 is 9.84 Å². The number of amides is 1. The third kappa shape index (κ3) is 3.91. The Morgan fingerprint density at radius 2 is 2.08 bits per heavy atom. The Kier molecular flexibility index (Phi) is 5.34. The van der Waals surface area contributed by atoms with Crippen molar-refractivity contribution in [3.05, 3.63) is 30.1 Å². The van der Waals surface area contributed by atoms with E-state index in [0.717, 1.165) is 18.4 Å². The van der Waals surface area contributed by atoms with Crippen LogP contribution in [0.1, 0.15) is 25.6 Å². The summed E-state index contributed by atoms with van der Waals surface area (Å²) in [5.41, 5.74) is 7.37. The summed E-state index contributed by atoms with van der Waals surface area (Å²) in [7, 11) is -3.26. The molecule has 8 heteroatoms. The molecular weight excluding hydrogens is 352 g/mol. The van der Waals surface area contributed by atoms with Gasteiger partial charge in [0, 0.05) is 25.4 Å². The molecule has 2 N–H and O–H groups in total. The number of hydrogen-bond donors (Lipinski definition) is 1. The van der Waals surface area contributed by atoms with Gasteiger partial charge in [-0.15, -0.1) is 0 Å². The van der Waals surface area contributed by atoms with E-state index in [0.29, 0.717) is 30.3 Å². The fourth-order valence-electron chi connectivity index (χ4n) is 3.79. The lowest BCUT2D eigenvalue weighted by atomic mass is 9.91. The van der Waals surface area contributed by atoms with E-state index in [1.807, 2.05) is 29.2 Å². The number of carbonyl (C=O) groups excluding carboxylic acids is 1. The maximum Gasteiger partial charge on any atom is 0.242 e. The first-order chi connectivity index (χ1) is 12.3. The van der Waals surface area contributed by atoms with Gasteiger partial charge < -0.3 is 15.2 Å². The smallest absolute Gasteiger partial charge is 0.242 e. The number of nitrogens with zero attached hydrogens (tertiary/aromatic N) is 3. The Morgan fingerprint density at radius 1 is 1.35 bits per heavy atom. The van der Waals surface area contributed by atoms with Crippen LogP contribution in [0, 0.1) is 5.92 Å². The zero-order valence-corrected chi connectivity index (χ0v) is 16.1. The van der Waals surface area contributed by atoms with Gasteiger partial charge in [0.2, 0.25) is 5.91 Å². The molecule has 1 aliphatic heterocycles. The number of para-hydroxylation sites is 2. The van der Waals surface area contributed by atoms with Crippen LogP contribution < -0.4 is 5.73 Å². The van der Waals surface area contributed by atoms with Gasteiger partial charge in [-0.2, -0.15) is 0 Å². The van der Waals surface area contributed by atoms with Crippen molar-refractivity contribution in [3.8, 4) is 0 Å². The maximum atomic E-state index is 13.0. The third-order valence-corrected chi connectivity index (χ3v) is 5.88. The summed E-state index contributed by atoms with van der Waals surface area (Å²) in [6.07, 6.45) is 3.21. The van der Waals surface area contributed by atoms with E-state index in [-0.39, 0.29) is 24.2 Å². The molecule has 0 unspecified atom stereocenters. The highest BCUT2D eigenvalue weighted by Crippen LogP contribution is 2.24. The second-order valence-corrected chi connectivity index (χ2v) is 9.32. The summed E-state index contributed by atoms with van der Waals surface area (Å²) < 4.78 is 25.3. The summed E-state index contributed by atoms with van der Waals surface area (Å²) in [5, 5.41) is 0. The highest BCUT2D eigenvalue weighted by atomic mass is 32.2. The van der Waals surface area contributed by atoms with Crippen molar-refractivity contribution < 1.29 is 13.2 Å². The number of hydrogen-bond acceptors (Lipinski definition) is 5. The summed E-state index contributed by atoms with van der Waals surface area (Å²) in [5.74, 6) is 0.542. The SMILES string of the molecule is C[C@@H]1CCCN(C(=O)Cn2c(CS(C)(=O)=O)nc3ccccc32)[C@H]1CN. The van der Waals surface area contributed by atoms with Gasteiger partial charge in [0.15, 0.2) is 9.84 Å². The second-order valence-electron chi connectivity index (χ2n) is 7.18. The molecule has 2 aromatic rings. The lowest BCUT2D eigenvalue weighted by Gasteiger charge is -2.39. The lowest BCUT2D eigenvalue weighted by molar-refractivity contribution is -0.136. The topological polar surface area (TPSA) is 98.3 Å². The van der Waals surface area contributed by atoms with E-state index in [9.17, 15) is 13.2 Å². The largest absolute Gasteiger partial charge is 0.337 e. The predicted molar refractivity (Wildman–Crippen MR) is 101 cm³/mol. The highest BCUT2D eigenvalue weighted by molar-refractivity contribution is 7.89. The molecule has 1 amide bonds. The number of likely N-dealkylation sites (tertiary alicyclic amines) is 1. The Bertz CT molecular complexity index is 906. The lowest BCUT2D eigenvalue weighted by Crippen LogP contribution is -2.52. The number of sulfone groups is 1. The fraction of sp³-hybridized carbons (Fsp3) is 0.556. The first-order valence-electron chi connectivity index (χ1n) is 8.91. The van der Waals surface area contributed by atoms with Crippen LogP contribution in [0.25, 0.3) is 11.0 Å². The van der Waals surface area contributed by atoms with Crippen molar-refractivity contribution in [3.63, 3.8) is 0 Å². The number of benzene rings is 1. The molecule has 3 rings (SSSR count). The van der Waals surface area contributed by atoms with E-state index in [1.54, 1.807) is 4.57 Å². The molecule has 2 atom stereocenters. The molecule has 1 aromatic carbocycles. The minimum Gasteiger partial charge on any atom is -0.337 e. The number of imidazole rings is 1. The number of rotatable bonds is 5. The molecule has 26 heavy (non-hydrogen) atoms. The van der Waals surface area contributed by atoms with Crippen LogP contribution in [-0.4, -0.2) is 54.2 Å². The van der Waals surface area contributed by atoms with Crippen molar-refractivity contribution >= 4 is 26.8 Å². The number of nitrogens with two attached hydrogens (primary N) is 1. The fourth-order valence-corrected chi connectivity index (χ4v) is 4.48. The zero-order chi connectivity index (χ0) is 18.9. The minimum absolute atomic E-state index is 0.0318. The van der Waals surface area contributed by atoms with Crippen LogP contribution >= 0.6 is 0 Å². The molecule has 1 saturated heterocycles. The van der Waals surface area contributed by atoms with Crippen LogP contribution in [0.5, 0.6) is 0 Å². The van der Waals surface area contributed by atoms with E-state index in [1.165, 1.54) is 6.26 Å². The normalized spacial score (nSPS) is 21.3. The van der Waals surface area contributed by atoms with Crippen molar-refractivity contribution in [2.75, 3.05) is 19.3 Å². The Balaban J connectivity index is 1.94. The molecular formula is C18H26N4O3S. The standard InChI is InChI=1S/C18H26N4O3S/c1-13-6-5-9-21(16(13)10-19)18(23)11-22-15-8-4-3-7-14(15)20-17(22)12-26(2,24)25/h3-4,7-8,13,16H,5-6,9-12,19H2,1-2H3/t13-,16+/m1/s1. The molecule has 7 nitrogen and oxygen atoms in total. The van der Waals surface area contributed by atoms with Crippen LogP contribution in [0.2, 0.25) is 0 Å². The van der Waals surface area contributed by atoms with Crippen molar-refractivity contribution in [1.29, 1.82) is 0 Å². The van der Waals surface area contributed by atoms with Crippen LogP contribution in [-0.2, 0) is 26.9 Å². The molecule has 1 aromatic heterocycles. The first-order valence-corrected chi connectivity index (χ1v) is 11.0. The Morgan fingerprint density at radius 3 is 2.77 bits per heavy atom. The van der Waals surface area contributed by atoms with Crippen LogP contribution in [0.15, 0.2) is 24.3 Å². The van der Waals surface area contributed by atoms with Gasteiger partial charge in [-0.3, -0.25) is 4.79 Å². The minimum atomic E-state index is -3.26. The number of carbonyl (C=O) groups is 1. The van der Waals surface area contributed by atoms with E-state index >= 15 is 0 Å². The Labute approximate surface area is 154 Å². The van der Waals surface area contributed by atoms with Crippen LogP contribution in [0.3, 0.4) is 0 Å². The summed E-state index contributed by atoms with van der Waals surface area (Å²) >= 11 is 0. The third-order valence-electron chi connectivity index (χ3n) is 5.10. The van der Waals surface area contributed by atoms with Gasteiger partial charge in [0.1, 0.15) is 18.1 Å². The molecule has 1 aliphatic rings. The monoisotopic (exact) mass is 378 g/mol. The molecule has 0 bridgehead atoms. The molecule has 0 spiro atoms. The quantitative estimate of drug-likeness (QED) is 0.842. The molecule has 0 saturated carbocycles. The number of piperidine rings is 1. The summed E-state index contributed by atoms with van der Waals surface area (Å²) in [4.78, 5) is 19.3. The van der Waals surface area contributed by atoms with Crippen molar-refractivity contribution in [2.24, 2.45) is 11.7 Å². The van der Waals surface area contributed by atoms with Gasteiger partial charge in [0.25, 0.3) is 0 Å². The molecule has 0 aliphatic carbocycles. The molecule has 0 radical (unpaired) electrons. The number of fused-ring (bicyclic) bond motifs is 1. The van der Waals surface area contributed by atoms with Gasteiger partial charge in [0.05, 0.1) is 11.0 Å². The second kappa shape index (κ2) is 7.36. The summed E-state index contributed by atoms with van der Waals surface area (Å²) in [6, 6.07) is 7.43. The Hall–Kier alpha value is -1.93. The van der Waals surface area contributed by atoms with Crippen LogP contribution in [0.4, 0.5) is 0 Å². The van der Waals surface area contributed by atoms with Gasteiger partial charge in [-0.25, -0.2) is 13.4 Å². The molecule has 2 heterocycles. The summed E-state index contributed by atoms with van der Waals surface area (Å²) in [6.45, 7) is 3.33. The highest BCUT2D eigenvalue weighted by Gasteiger charge is 2.31. The van der Waals surface area contributed by atoms with Gasteiger partial charge in [-0.1, -0.05) is 19.1 Å². The van der Waals surface area contributed by atoms with E-state index in [4.69, 9.17) is 5.73 Å². The van der Waals surface area contributed by atoms with Gasteiger partial charge >= 0.3 is 0 Å². The zero-order valence-electron chi connectivity index (χ0n) is 15.3. The average Bonchev–Trinajstić information content (AvgIpc) is 2.90. The molecule has 142 valence electrons. The predicted octanol–water partition coefficient (Wildman–Crippen LogP) is 1.17. The number of aromatic nitrogens is 2. The molecule has 1 fully saturated rings. The van der Waals surface area contributed by atoms with Crippen molar-refractivity contribution in [1.82, 2.24) is 14.5 Å². The van der Waals surface area contributed by atoms with Crippen molar-refractivity contribution in [2.45, 2.75) is 38.1 Å². The van der Waals surface area contributed by atoms with E-state index in [2.05, 4.69) is 11.9 Å². The first kappa shape index (κ1) is 18.8.